The molecule has 1 aromatic rings. The lowest BCUT2D eigenvalue weighted by molar-refractivity contribution is 0.235. The molecule has 1 N–H and O–H groups in total. The summed E-state index contributed by atoms with van der Waals surface area (Å²) in [4.78, 5) is -0.515. The molecular formula is C11H13F2NO4S2. The van der Waals surface area contributed by atoms with Crippen LogP contribution in [0.15, 0.2) is 29.2 Å². The van der Waals surface area contributed by atoms with Crippen LogP contribution in [-0.2, 0) is 19.7 Å². The zero-order valence-electron chi connectivity index (χ0n) is 10.3. The molecule has 20 heavy (non-hydrogen) atoms. The summed E-state index contributed by atoms with van der Waals surface area (Å²) < 4.78 is 71.0. The van der Waals surface area contributed by atoms with E-state index in [0.29, 0.717) is 6.42 Å². The zero-order valence-corrected chi connectivity index (χ0v) is 11.9. The van der Waals surface area contributed by atoms with Crippen LogP contribution >= 0.6 is 0 Å². The monoisotopic (exact) mass is 325 g/mol. The fourth-order valence-corrected chi connectivity index (χ4v) is 4.63. The van der Waals surface area contributed by atoms with Crippen molar-refractivity contribution in [3.05, 3.63) is 24.3 Å². The molecule has 0 saturated carbocycles. The fourth-order valence-electron chi connectivity index (χ4n) is 2.06. The molecule has 1 heterocycles. The number of alkyl halides is 2. The van der Waals surface area contributed by atoms with E-state index in [1.165, 1.54) is 18.2 Å². The lowest BCUT2D eigenvalue weighted by Crippen LogP contribution is -2.23. The minimum Gasteiger partial charge on any atom is -0.380 e. The molecule has 0 radical (unpaired) electrons. The second-order valence-electron chi connectivity index (χ2n) is 4.55. The van der Waals surface area contributed by atoms with Gasteiger partial charge in [-0.25, -0.2) is 16.8 Å². The van der Waals surface area contributed by atoms with E-state index in [0.717, 1.165) is 6.07 Å². The number of para-hydroxylation sites is 1. The average molecular weight is 325 g/mol. The van der Waals surface area contributed by atoms with Gasteiger partial charge in [0.1, 0.15) is 0 Å². The minimum absolute atomic E-state index is 0.00836. The molecule has 0 bridgehead atoms. The fraction of sp³-hybridized carbons (Fsp3) is 0.455. The maximum absolute atomic E-state index is 12.6. The molecule has 1 fully saturated rings. The first-order valence-electron chi connectivity index (χ1n) is 5.80. The third-order valence-corrected chi connectivity index (χ3v) is 6.23. The summed E-state index contributed by atoms with van der Waals surface area (Å²) in [6, 6.07) is 4.80. The maximum Gasteiger partial charge on any atom is 0.341 e. The number of rotatable bonds is 4. The highest BCUT2D eigenvalue weighted by Gasteiger charge is 2.32. The molecule has 1 aliphatic rings. The molecule has 9 heteroatoms. The highest BCUT2D eigenvalue weighted by molar-refractivity contribution is 7.92. The lowest BCUT2D eigenvalue weighted by atomic mass is 10.2. The van der Waals surface area contributed by atoms with Crippen molar-refractivity contribution in [1.29, 1.82) is 0 Å². The Morgan fingerprint density at radius 3 is 2.45 bits per heavy atom. The Morgan fingerprint density at radius 2 is 1.90 bits per heavy atom. The second kappa shape index (κ2) is 5.28. The zero-order chi connectivity index (χ0) is 15.0. The molecule has 0 aromatic heterocycles. The predicted octanol–water partition coefficient (Wildman–Crippen LogP) is 1.28. The van der Waals surface area contributed by atoms with Crippen molar-refractivity contribution in [2.75, 3.05) is 16.8 Å². The molecule has 2 rings (SSSR count). The Bertz CT molecular complexity index is 701. The van der Waals surface area contributed by atoms with Gasteiger partial charge in [-0.3, -0.25) is 0 Å². The van der Waals surface area contributed by atoms with E-state index in [-0.39, 0.29) is 17.2 Å². The van der Waals surface area contributed by atoms with Crippen molar-refractivity contribution >= 4 is 25.4 Å². The van der Waals surface area contributed by atoms with E-state index in [1.807, 2.05) is 0 Å². The smallest absolute Gasteiger partial charge is 0.341 e. The van der Waals surface area contributed by atoms with E-state index in [9.17, 15) is 25.6 Å². The number of nitrogens with one attached hydrogen (secondary N) is 1. The molecule has 0 aliphatic carbocycles. The standard InChI is InChI=1S/C11H13F2NO4S2/c12-11(13)20(17,18)10-4-2-1-3-9(10)14-8-5-6-19(15,16)7-8/h1-4,8,11,14H,5-7H2. The van der Waals surface area contributed by atoms with Crippen molar-refractivity contribution in [2.45, 2.75) is 23.1 Å². The normalized spacial score (nSPS) is 22.1. The van der Waals surface area contributed by atoms with Crippen LogP contribution in [0.5, 0.6) is 0 Å². The molecule has 1 atom stereocenters. The third-order valence-electron chi connectivity index (χ3n) is 3.02. The first-order valence-corrected chi connectivity index (χ1v) is 9.17. The highest BCUT2D eigenvalue weighted by Crippen LogP contribution is 2.28. The van der Waals surface area contributed by atoms with E-state index in [1.54, 1.807) is 0 Å². The Labute approximate surface area is 115 Å². The van der Waals surface area contributed by atoms with Crippen LogP contribution in [-0.4, -0.2) is 40.1 Å². The Hall–Kier alpha value is -1.22. The molecule has 1 aliphatic heterocycles. The summed E-state index contributed by atoms with van der Waals surface area (Å²) in [6.45, 7) is 0. The van der Waals surface area contributed by atoms with Gasteiger partial charge in [0.05, 0.1) is 22.1 Å². The van der Waals surface area contributed by atoms with Gasteiger partial charge >= 0.3 is 5.76 Å². The van der Waals surface area contributed by atoms with Crippen molar-refractivity contribution < 1.29 is 25.6 Å². The number of benzene rings is 1. The van der Waals surface area contributed by atoms with Gasteiger partial charge in [0.15, 0.2) is 9.84 Å². The van der Waals surface area contributed by atoms with Crippen LogP contribution in [0.3, 0.4) is 0 Å². The Balaban J connectivity index is 2.30. The third kappa shape index (κ3) is 3.09. The molecule has 1 aromatic carbocycles. The summed E-state index contributed by atoms with van der Waals surface area (Å²) >= 11 is 0. The van der Waals surface area contributed by atoms with E-state index >= 15 is 0 Å². The Kier molecular flexibility index (Phi) is 4.01. The van der Waals surface area contributed by atoms with Crippen molar-refractivity contribution in [2.24, 2.45) is 0 Å². The molecule has 0 spiro atoms. The number of hydrogen-bond donors (Lipinski definition) is 1. The first kappa shape index (κ1) is 15.2. The van der Waals surface area contributed by atoms with Crippen LogP contribution in [0.2, 0.25) is 0 Å². The van der Waals surface area contributed by atoms with Gasteiger partial charge in [-0.1, -0.05) is 12.1 Å². The quantitative estimate of drug-likeness (QED) is 0.902. The SMILES string of the molecule is O=S1(=O)CCC(Nc2ccccc2S(=O)(=O)C(F)F)C1. The predicted molar refractivity (Wildman–Crippen MR) is 70.3 cm³/mol. The van der Waals surface area contributed by atoms with E-state index in [4.69, 9.17) is 0 Å². The number of hydrogen-bond acceptors (Lipinski definition) is 5. The van der Waals surface area contributed by atoms with Crippen LogP contribution in [0.25, 0.3) is 0 Å². The first-order chi connectivity index (χ1) is 9.22. The molecular weight excluding hydrogens is 312 g/mol. The van der Waals surface area contributed by atoms with Gasteiger partial charge in [0.25, 0.3) is 0 Å². The van der Waals surface area contributed by atoms with Crippen LogP contribution in [0, 0.1) is 0 Å². The molecule has 5 nitrogen and oxygen atoms in total. The van der Waals surface area contributed by atoms with Crippen molar-refractivity contribution in [1.82, 2.24) is 0 Å². The van der Waals surface area contributed by atoms with Crippen molar-refractivity contribution in [3.63, 3.8) is 0 Å². The van der Waals surface area contributed by atoms with Crippen molar-refractivity contribution in [3.8, 4) is 0 Å². The molecule has 0 amide bonds. The maximum atomic E-state index is 12.6. The molecule has 112 valence electrons. The largest absolute Gasteiger partial charge is 0.380 e. The van der Waals surface area contributed by atoms with Gasteiger partial charge in [-0.05, 0) is 18.6 Å². The van der Waals surface area contributed by atoms with Gasteiger partial charge in [0, 0.05) is 6.04 Å². The average Bonchev–Trinajstić information content (AvgIpc) is 2.69. The molecule has 1 saturated heterocycles. The van der Waals surface area contributed by atoms with Crippen LogP contribution in [0.1, 0.15) is 6.42 Å². The summed E-state index contributed by atoms with van der Waals surface area (Å²) in [5, 5.41) is 2.73. The number of sulfone groups is 2. The van der Waals surface area contributed by atoms with E-state index < -0.39 is 36.4 Å². The Morgan fingerprint density at radius 1 is 1.25 bits per heavy atom. The summed E-state index contributed by atoms with van der Waals surface area (Å²) in [5.74, 6) is -3.64. The number of anilines is 1. The second-order valence-corrected chi connectivity index (χ2v) is 8.66. The van der Waals surface area contributed by atoms with E-state index in [2.05, 4.69) is 5.32 Å². The van der Waals surface area contributed by atoms with Gasteiger partial charge in [-0.15, -0.1) is 0 Å². The van der Waals surface area contributed by atoms with Gasteiger partial charge < -0.3 is 5.32 Å². The van der Waals surface area contributed by atoms with Crippen LogP contribution < -0.4 is 5.32 Å². The number of halogens is 2. The molecule has 1 unspecified atom stereocenters. The summed E-state index contributed by atoms with van der Waals surface area (Å²) in [5.41, 5.74) is 0.00917. The summed E-state index contributed by atoms with van der Waals surface area (Å²) in [7, 11) is -7.86. The van der Waals surface area contributed by atoms with Crippen LogP contribution in [0.4, 0.5) is 14.5 Å². The topological polar surface area (TPSA) is 80.3 Å². The minimum atomic E-state index is -4.72. The highest BCUT2D eigenvalue weighted by atomic mass is 32.2. The summed E-state index contributed by atoms with van der Waals surface area (Å²) in [6.07, 6.45) is 0.325. The van der Waals surface area contributed by atoms with Gasteiger partial charge in [0.2, 0.25) is 9.84 Å². The van der Waals surface area contributed by atoms with Gasteiger partial charge in [-0.2, -0.15) is 8.78 Å². The lowest BCUT2D eigenvalue weighted by Gasteiger charge is -2.16.